The predicted octanol–water partition coefficient (Wildman–Crippen LogP) is 3.81. The maximum Gasteiger partial charge on any atom is 0.254 e. The molecule has 0 radical (unpaired) electrons. The van der Waals surface area contributed by atoms with E-state index in [-0.39, 0.29) is 23.7 Å². The highest BCUT2D eigenvalue weighted by molar-refractivity contribution is 5.93. The molecule has 0 spiro atoms. The number of rotatable bonds is 4. The minimum absolute atomic E-state index is 0.153. The number of para-hydroxylation sites is 1. The van der Waals surface area contributed by atoms with Gasteiger partial charge in [0.15, 0.2) is 0 Å². The van der Waals surface area contributed by atoms with Crippen molar-refractivity contribution in [2.24, 2.45) is 0 Å². The Hall–Kier alpha value is -2.50. The van der Waals surface area contributed by atoms with Gasteiger partial charge in [-0.2, -0.15) is 0 Å². The van der Waals surface area contributed by atoms with Gasteiger partial charge in [0.25, 0.3) is 5.91 Å². The van der Waals surface area contributed by atoms with Crippen LogP contribution in [0, 0.1) is 5.82 Å². The summed E-state index contributed by atoms with van der Waals surface area (Å²) in [5.74, 6) is -0.276. The molecule has 2 aromatic rings. The van der Waals surface area contributed by atoms with Gasteiger partial charge in [-0.1, -0.05) is 37.8 Å². The van der Waals surface area contributed by atoms with Crippen molar-refractivity contribution in [1.29, 1.82) is 0 Å². The molecule has 24 heavy (non-hydrogen) atoms. The number of nitrogens with zero attached hydrogens (tertiary/aromatic N) is 2. The topological polar surface area (TPSA) is 66.9 Å². The third-order valence-electron chi connectivity index (χ3n) is 4.22. The number of hydrogen-bond acceptors (Lipinski definition) is 4. The summed E-state index contributed by atoms with van der Waals surface area (Å²) in [5, 5.41) is 5.85. The molecule has 0 aliphatic heterocycles. The molecule has 6 heteroatoms. The van der Waals surface area contributed by atoms with Crippen LogP contribution in [0.5, 0.6) is 0 Å². The first-order valence-electron chi connectivity index (χ1n) is 8.37. The van der Waals surface area contributed by atoms with Gasteiger partial charge in [0.2, 0.25) is 5.95 Å². The van der Waals surface area contributed by atoms with Crippen LogP contribution in [0.25, 0.3) is 0 Å². The summed E-state index contributed by atoms with van der Waals surface area (Å²) in [5.41, 5.74) is 0.714. The molecule has 1 aliphatic carbocycles. The highest BCUT2D eigenvalue weighted by Gasteiger charge is 2.16. The number of carbonyl (C=O) groups excluding carboxylic acids is 1. The molecule has 3 rings (SSSR count). The molecular weight excluding hydrogens is 307 g/mol. The Labute approximate surface area is 140 Å². The number of aromatic nitrogens is 2. The van der Waals surface area contributed by atoms with Crippen LogP contribution in [0.4, 0.5) is 16.0 Å². The lowest BCUT2D eigenvalue weighted by Crippen LogP contribution is -2.34. The fourth-order valence-corrected chi connectivity index (χ4v) is 2.89. The first-order chi connectivity index (χ1) is 11.7. The highest BCUT2D eigenvalue weighted by atomic mass is 19.1. The Bertz CT molecular complexity index is 682. The normalized spacial score (nSPS) is 15.5. The van der Waals surface area contributed by atoms with Crippen LogP contribution in [-0.2, 0) is 0 Å². The zero-order valence-corrected chi connectivity index (χ0v) is 13.5. The SMILES string of the molecule is O=C(NC1CCCCCC1)c1cnc(Nc2ccccc2F)nc1. The molecule has 126 valence electrons. The van der Waals surface area contributed by atoms with Crippen molar-refractivity contribution < 1.29 is 9.18 Å². The lowest BCUT2D eigenvalue weighted by molar-refractivity contribution is 0.0932. The monoisotopic (exact) mass is 328 g/mol. The molecule has 1 saturated carbocycles. The van der Waals surface area contributed by atoms with E-state index in [0.717, 1.165) is 25.7 Å². The van der Waals surface area contributed by atoms with E-state index in [9.17, 15) is 9.18 Å². The molecule has 1 amide bonds. The van der Waals surface area contributed by atoms with E-state index in [1.807, 2.05) is 0 Å². The van der Waals surface area contributed by atoms with Gasteiger partial charge in [0, 0.05) is 18.4 Å². The molecule has 0 bridgehead atoms. The third-order valence-corrected chi connectivity index (χ3v) is 4.22. The molecule has 5 nitrogen and oxygen atoms in total. The number of carbonyl (C=O) groups is 1. The number of amides is 1. The first kappa shape index (κ1) is 16.4. The fourth-order valence-electron chi connectivity index (χ4n) is 2.89. The summed E-state index contributed by atoms with van der Waals surface area (Å²) in [7, 11) is 0. The number of hydrogen-bond donors (Lipinski definition) is 2. The zero-order chi connectivity index (χ0) is 16.8. The highest BCUT2D eigenvalue weighted by Crippen LogP contribution is 2.18. The van der Waals surface area contributed by atoms with E-state index in [2.05, 4.69) is 20.6 Å². The molecule has 1 fully saturated rings. The minimum Gasteiger partial charge on any atom is -0.349 e. The van der Waals surface area contributed by atoms with Crippen molar-refractivity contribution >= 4 is 17.5 Å². The molecule has 1 aromatic carbocycles. The second-order valence-corrected chi connectivity index (χ2v) is 6.06. The third kappa shape index (κ3) is 4.28. The van der Waals surface area contributed by atoms with Crippen LogP contribution in [0.1, 0.15) is 48.9 Å². The van der Waals surface area contributed by atoms with Gasteiger partial charge < -0.3 is 10.6 Å². The molecule has 2 N–H and O–H groups in total. The largest absolute Gasteiger partial charge is 0.349 e. The number of benzene rings is 1. The summed E-state index contributed by atoms with van der Waals surface area (Å²) in [4.78, 5) is 20.5. The van der Waals surface area contributed by atoms with Crippen molar-refractivity contribution in [3.05, 3.63) is 48.0 Å². The van der Waals surface area contributed by atoms with Crippen LogP contribution >= 0.6 is 0 Å². The molecule has 1 aromatic heterocycles. The quantitative estimate of drug-likeness (QED) is 0.838. The van der Waals surface area contributed by atoms with Gasteiger partial charge >= 0.3 is 0 Å². The lowest BCUT2D eigenvalue weighted by Gasteiger charge is -2.16. The Morgan fingerprint density at radius 3 is 2.38 bits per heavy atom. The maximum atomic E-state index is 13.6. The van der Waals surface area contributed by atoms with Crippen LogP contribution in [-0.4, -0.2) is 21.9 Å². The Balaban J connectivity index is 1.61. The Morgan fingerprint density at radius 1 is 1.04 bits per heavy atom. The molecule has 0 unspecified atom stereocenters. The predicted molar refractivity (Wildman–Crippen MR) is 90.7 cm³/mol. The van der Waals surface area contributed by atoms with Crippen LogP contribution < -0.4 is 10.6 Å². The Morgan fingerprint density at radius 2 is 1.71 bits per heavy atom. The average Bonchev–Trinajstić information content (AvgIpc) is 2.86. The molecule has 1 aliphatic rings. The first-order valence-corrected chi connectivity index (χ1v) is 8.37. The summed E-state index contributed by atoms with van der Waals surface area (Å²) in [6.45, 7) is 0. The van der Waals surface area contributed by atoms with E-state index in [1.54, 1.807) is 18.2 Å². The van der Waals surface area contributed by atoms with E-state index >= 15 is 0 Å². The van der Waals surface area contributed by atoms with Gasteiger partial charge in [-0.25, -0.2) is 14.4 Å². The smallest absolute Gasteiger partial charge is 0.254 e. The molecular formula is C18H21FN4O. The standard InChI is InChI=1S/C18H21FN4O/c19-15-9-5-6-10-16(15)23-18-20-11-13(12-21-18)17(24)22-14-7-3-1-2-4-8-14/h5-6,9-12,14H,1-4,7-8H2,(H,22,24)(H,20,21,23). The van der Waals surface area contributed by atoms with Gasteiger partial charge in [0.1, 0.15) is 5.82 Å². The second kappa shape index (κ2) is 7.86. The van der Waals surface area contributed by atoms with Crippen LogP contribution in [0.3, 0.4) is 0 Å². The summed E-state index contributed by atoms with van der Waals surface area (Å²) >= 11 is 0. The van der Waals surface area contributed by atoms with Gasteiger partial charge in [-0.05, 0) is 25.0 Å². The van der Waals surface area contributed by atoms with Crippen molar-refractivity contribution in [3.63, 3.8) is 0 Å². The van der Waals surface area contributed by atoms with E-state index in [1.165, 1.54) is 31.3 Å². The lowest BCUT2D eigenvalue weighted by atomic mass is 10.1. The van der Waals surface area contributed by atoms with Crippen molar-refractivity contribution in [3.8, 4) is 0 Å². The van der Waals surface area contributed by atoms with Gasteiger partial charge in [-0.3, -0.25) is 4.79 Å². The summed E-state index contributed by atoms with van der Waals surface area (Å²) in [6.07, 6.45) is 9.78. The molecule has 1 heterocycles. The summed E-state index contributed by atoms with van der Waals surface area (Å²) < 4.78 is 13.6. The second-order valence-electron chi connectivity index (χ2n) is 6.06. The zero-order valence-electron chi connectivity index (χ0n) is 13.5. The summed E-state index contributed by atoms with van der Waals surface area (Å²) in [6, 6.07) is 6.53. The van der Waals surface area contributed by atoms with Crippen LogP contribution in [0.15, 0.2) is 36.7 Å². The van der Waals surface area contributed by atoms with Gasteiger partial charge in [-0.15, -0.1) is 0 Å². The van der Waals surface area contributed by atoms with Crippen molar-refractivity contribution in [2.75, 3.05) is 5.32 Å². The van der Waals surface area contributed by atoms with E-state index in [0.29, 0.717) is 11.3 Å². The maximum absolute atomic E-state index is 13.6. The van der Waals surface area contributed by atoms with Crippen LogP contribution in [0.2, 0.25) is 0 Å². The average molecular weight is 328 g/mol. The fraction of sp³-hybridized carbons (Fsp3) is 0.389. The van der Waals surface area contributed by atoms with Gasteiger partial charge in [0.05, 0.1) is 11.3 Å². The van der Waals surface area contributed by atoms with E-state index < -0.39 is 0 Å². The molecule has 0 atom stereocenters. The number of halogens is 1. The number of nitrogens with one attached hydrogen (secondary N) is 2. The molecule has 0 saturated heterocycles. The minimum atomic E-state index is -0.378. The van der Waals surface area contributed by atoms with E-state index in [4.69, 9.17) is 0 Å². The Kier molecular flexibility index (Phi) is 5.36. The van der Waals surface area contributed by atoms with Crippen molar-refractivity contribution in [2.45, 2.75) is 44.6 Å². The number of anilines is 2. The van der Waals surface area contributed by atoms with Crippen molar-refractivity contribution in [1.82, 2.24) is 15.3 Å².